The number of nitrogens with one attached hydrogen (secondary N) is 2. The molecule has 0 radical (unpaired) electrons. The molecule has 2 aromatic heterocycles. The van der Waals surface area contributed by atoms with Gasteiger partial charge in [0.1, 0.15) is 0 Å². The largest absolute Gasteiger partial charge is 0.347 e. The normalized spacial score (nSPS) is 10.7. The van der Waals surface area contributed by atoms with Gasteiger partial charge in [0.25, 0.3) is 5.91 Å². The highest BCUT2D eigenvalue weighted by Crippen LogP contribution is 2.14. The third-order valence-electron chi connectivity index (χ3n) is 2.95. The maximum absolute atomic E-state index is 12.1. The number of pyridine rings is 1. The van der Waals surface area contributed by atoms with Crippen molar-refractivity contribution in [3.63, 3.8) is 0 Å². The molecule has 0 saturated heterocycles. The molecule has 6 heteroatoms. The Labute approximate surface area is 120 Å². The summed E-state index contributed by atoms with van der Waals surface area (Å²) in [5.41, 5.74) is 2.09. The first-order chi connectivity index (χ1) is 9.74. The molecule has 0 aliphatic rings. The number of hydrogen-bond donors (Lipinski definition) is 2. The van der Waals surface area contributed by atoms with Gasteiger partial charge in [-0.1, -0.05) is 23.7 Å². The number of nitrogens with zero attached hydrogens (tertiary/aromatic N) is 2. The Morgan fingerprint density at radius 3 is 2.85 bits per heavy atom. The highest BCUT2D eigenvalue weighted by Gasteiger charge is 2.13. The minimum atomic E-state index is -0.225. The smallest absolute Gasteiger partial charge is 0.272 e. The van der Waals surface area contributed by atoms with Gasteiger partial charge < -0.3 is 5.32 Å². The highest BCUT2D eigenvalue weighted by molar-refractivity contribution is 6.30. The molecule has 0 saturated carbocycles. The summed E-state index contributed by atoms with van der Waals surface area (Å²) >= 11 is 5.81. The van der Waals surface area contributed by atoms with E-state index in [0.29, 0.717) is 17.3 Å². The molecule has 1 aromatic carbocycles. The number of hydrogen-bond acceptors (Lipinski definition) is 3. The second-order valence-corrected chi connectivity index (χ2v) is 4.74. The third kappa shape index (κ3) is 2.48. The number of carbonyl (C=O) groups excluding carboxylic acids is 1. The van der Waals surface area contributed by atoms with Gasteiger partial charge in [-0.2, -0.15) is 5.10 Å². The summed E-state index contributed by atoms with van der Waals surface area (Å²) in [5, 5.41) is 11.1. The van der Waals surface area contributed by atoms with Crippen molar-refractivity contribution < 1.29 is 4.79 Å². The molecule has 100 valence electrons. The van der Waals surface area contributed by atoms with E-state index in [9.17, 15) is 4.79 Å². The predicted molar refractivity (Wildman–Crippen MR) is 76.5 cm³/mol. The Bertz CT molecular complexity index is 751. The van der Waals surface area contributed by atoms with Gasteiger partial charge >= 0.3 is 0 Å². The molecule has 2 heterocycles. The Morgan fingerprint density at radius 1 is 1.25 bits per heavy atom. The number of aromatic nitrogens is 3. The maximum atomic E-state index is 12.1. The molecule has 0 atom stereocenters. The molecule has 5 nitrogen and oxygen atoms in total. The number of fused-ring (bicyclic) bond motifs is 1. The first-order valence-electron chi connectivity index (χ1n) is 6.05. The zero-order chi connectivity index (χ0) is 13.9. The van der Waals surface area contributed by atoms with Crippen LogP contribution in [0.1, 0.15) is 16.1 Å². The molecule has 0 aliphatic carbocycles. The lowest BCUT2D eigenvalue weighted by atomic mass is 10.2. The minimum absolute atomic E-state index is 0.225. The van der Waals surface area contributed by atoms with Crippen LogP contribution in [0, 0.1) is 0 Å². The van der Waals surface area contributed by atoms with Gasteiger partial charge in [-0.15, -0.1) is 0 Å². The summed E-state index contributed by atoms with van der Waals surface area (Å²) in [6.45, 7) is 0.426. The summed E-state index contributed by atoms with van der Waals surface area (Å²) in [6.07, 6.45) is 3.27. The van der Waals surface area contributed by atoms with Gasteiger partial charge in [-0.25, -0.2) is 0 Å². The number of aromatic amines is 1. The van der Waals surface area contributed by atoms with Crippen molar-refractivity contribution in [1.29, 1.82) is 0 Å². The van der Waals surface area contributed by atoms with Crippen LogP contribution in [-0.4, -0.2) is 21.1 Å². The van der Waals surface area contributed by atoms with Crippen molar-refractivity contribution >= 4 is 28.4 Å². The topological polar surface area (TPSA) is 70.7 Å². The number of carbonyl (C=O) groups is 1. The Kier molecular flexibility index (Phi) is 3.35. The van der Waals surface area contributed by atoms with Crippen LogP contribution in [0.4, 0.5) is 0 Å². The van der Waals surface area contributed by atoms with Crippen LogP contribution in [0.15, 0.2) is 42.7 Å². The Balaban J connectivity index is 1.75. The molecule has 0 aliphatic heterocycles. The van der Waals surface area contributed by atoms with Crippen molar-refractivity contribution in [3.8, 4) is 0 Å². The van der Waals surface area contributed by atoms with Gasteiger partial charge in [-0.3, -0.25) is 14.9 Å². The first-order valence-corrected chi connectivity index (χ1v) is 6.42. The van der Waals surface area contributed by atoms with Crippen molar-refractivity contribution in [1.82, 2.24) is 20.5 Å². The lowest BCUT2D eigenvalue weighted by Gasteiger charge is -2.03. The standard InChI is InChI=1S/C14H11ClN4O/c15-10-3-1-9(2-4-10)7-17-14(20)13-11-5-6-16-8-12(11)18-19-13/h1-6,8H,7H2,(H,17,20)(H,18,19). The van der Waals surface area contributed by atoms with E-state index in [2.05, 4.69) is 20.5 Å². The van der Waals surface area contributed by atoms with Crippen LogP contribution in [0.2, 0.25) is 5.02 Å². The SMILES string of the molecule is O=C(NCc1ccc(Cl)cc1)c1n[nH]c2cnccc12. The molecule has 2 N–H and O–H groups in total. The summed E-state index contributed by atoms with van der Waals surface area (Å²) in [5.74, 6) is -0.225. The van der Waals surface area contributed by atoms with Crippen molar-refractivity contribution in [3.05, 3.63) is 59.0 Å². The number of H-pyrrole nitrogens is 1. The van der Waals surface area contributed by atoms with Crippen LogP contribution in [0.25, 0.3) is 10.9 Å². The Morgan fingerprint density at radius 2 is 2.05 bits per heavy atom. The number of halogens is 1. The van der Waals surface area contributed by atoms with Crippen LogP contribution >= 0.6 is 11.6 Å². The summed E-state index contributed by atoms with van der Waals surface area (Å²) in [7, 11) is 0. The molecule has 3 rings (SSSR count). The van der Waals surface area contributed by atoms with E-state index in [4.69, 9.17) is 11.6 Å². The van der Waals surface area contributed by atoms with E-state index in [1.54, 1.807) is 30.6 Å². The van der Waals surface area contributed by atoms with Crippen LogP contribution in [0.3, 0.4) is 0 Å². The third-order valence-corrected chi connectivity index (χ3v) is 3.20. The average molecular weight is 287 g/mol. The first kappa shape index (κ1) is 12.6. The van der Waals surface area contributed by atoms with Gasteiger partial charge in [0.2, 0.25) is 0 Å². The minimum Gasteiger partial charge on any atom is -0.347 e. The van der Waals surface area contributed by atoms with Gasteiger partial charge in [0.05, 0.1) is 11.7 Å². The van der Waals surface area contributed by atoms with Crippen LogP contribution in [0.5, 0.6) is 0 Å². The zero-order valence-corrected chi connectivity index (χ0v) is 11.2. The summed E-state index contributed by atoms with van der Waals surface area (Å²) in [4.78, 5) is 16.1. The van der Waals surface area contributed by atoms with E-state index in [1.807, 2.05) is 12.1 Å². The molecule has 1 amide bonds. The van der Waals surface area contributed by atoms with Crippen LogP contribution in [-0.2, 0) is 6.54 Å². The fourth-order valence-corrected chi connectivity index (χ4v) is 2.03. The molecule has 20 heavy (non-hydrogen) atoms. The molecule has 0 bridgehead atoms. The number of benzene rings is 1. The number of amides is 1. The van der Waals surface area contributed by atoms with Gasteiger partial charge in [-0.05, 0) is 23.8 Å². The lowest BCUT2D eigenvalue weighted by Crippen LogP contribution is -2.23. The van der Waals surface area contributed by atoms with Crippen molar-refractivity contribution in [2.24, 2.45) is 0 Å². The Hall–Kier alpha value is -2.40. The monoisotopic (exact) mass is 286 g/mol. The van der Waals surface area contributed by atoms with E-state index < -0.39 is 0 Å². The van der Waals surface area contributed by atoms with Gasteiger partial charge in [0, 0.05) is 23.2 Å². The second-order valence-electron chi connectivity index (χ2n) is 4.30. The molecule has 0 fully saturated rings. The second kappa shape index (κ2) is 5.30. The molecule has 0 unspecified atom stereocenters. The van der Waals surface area contributed by atoms with Crippen LogP contribution < -0.4 is 5.32 Å². The predicted octanol–water partition coefficient (Wildman–Crippen LogP) is 2.54. The molecule has 3 aromatic rings. The maximum Gasteiger partial charge on any atom is 0.272 e. The molecular weight excluding hydrogens is 276 g/mol. The van der Waals surface area contributed by atoms with Crippen molar-refractivity contribution in [2.45, 2.75) is 6.54 Å². The lowest BCUT2D eigenvalue weighted by molar-refractivity contribution is 0.0947. The number of rotatable bonds is 3. The quantitative estimate of drug-likeness (QED) is 0.777. The van der Waals surface area contributed by atoms with E-state index >= 15 is 0 Å². The van der Waals surface area contributed by atoms with E-state index in [-0.39, 0.29) is 5.91 Å². The molecular formula is C14H11ClN4O. The van der Waals surface area contributed by atoms with E-state index in [1.165, 1.54) is 0 Å². The van der Waals surface area contributed by atoms with Crippen molar-refractivity contribution in [2.75, 3.05) is 0 Å². The van der Waals surface area contributed by atoms with Gasteiger partial charge in [0.15, 0.2) is 5.69 Å². The fraction of sp³-hybridized carbons (Fsp3) is 0.0714. The summed E-state index contributed by atoms with van der Waals surface area (Å²) in [6, 6.07) is 9.08. The fourth-order valence-electron chi connectivity index (χ4n) is 1.91. The zero-order valence-electron chi connectivity index (χ0n) is 10.4. The van der Waals surface area contributed by atoms with E-state index in [0.717, 1.165) is 16.5 Å². The molecule has 0 spiro atoms. The highest BCUT2D eigenvalue weighted by atomic mass is 35.5. The average Bonchev–Trinajstić information content (AvgIpc) is 2.90. The summed E-state index contributed by atoms with van der Waals surface area (Å²) < 4.78 is 0.